The minimum absolute atomic E-state index is 0.0507. The van der Waals surface area contributed by atoms with Crippen LogP contribution in [0.1, 0.15) is 12.8 Å². The quantitative estimate of drug-likeness (QED) is 0.488. The Hall–Kier alpha value is 0.0700. The number of nitrogens with one attached hydrogen (secondary N) is 1. The maximum atomic E-state index is 10.9. The van der Waals surface area contributed by atoms with Crippen LogP contribution < -0.4 is 5.32 Å². The number of carbonyl (C=O) groups excluding carboxylic acids is 1. The molecule has 52 valence electrons. The topological polar surface area (TPSA) is 29.1 Å². The van der Waals surface area contributed by atoms with E-state index in [-0.39, 0.29) is 26.6 Å². The van der Waals surface area contributed by atoms with Gasteiger partial charge >= 0.3 is 0 Å². The molecule has 1 aliphatic heterocycles. The Labute approximate surface area is 64.8 Å². The molecule has 0 atom stereocenters. The van der Waals surface area contributed by atoms with Gasteiger partial charge in [0.05, 0.1) is 0 Å². The highest BCUT2D eigenvalue weighted by Crippen LogP contribution is 2.05. The van der Waals surface area contributed by atoms with Gasteiger partial charge in [0.2, 0.25) is 0 Å². The van der Waals surface area contributed by atoms with Gasteiger partial charge in [-0.2, -0.15) is 0 Å². The van der Waals surface area contributed by atoms with Crippen LogP contribution in [-0.4, -0.2) is 20.9 Å². The van der Waals surface area contributed by atoms with E-state index < -0.39 is 0 Å². The lowest BCUT2D eigenvalue weighted by atomic mass is 10.2. The minimum atomic E-state index is 0.0507. The molecule has 0 aromatic carbocycles. The number of hydrogen-bond acceptors (Lipinski definition) is 1. The fraction of sp³-hybridized carbons (Fsp3) is 0.667. The Morgan fingerprint density at radius 3 is 2.89 bits per heavy atom. The van der Waals surface area contributed by atoms with Crippen molar-refractivity contribution in [2.24, 2.45) is 0 Å². The first-order chi connectivity index (χ1) is 4.34. The van der Waals surface area contributed by atoms with Crippen LogP contribution in [-0.2, 0) is 4.79 Å². The van der Waals surface area contributed by atoms with Crippen LogP contribution in [0.4, 0.5) is 0 Å². The standard InChI is InChI=1S/C6H10INO/c1-7-5-3-2-4-8-6(5)9/h2-4H2,1H3,(H,8,9). The molecule has 0 saturated carbocycles. The average Bonchev–Trinajstić information content (AvgIpc) is 1.89. The van der Waals surface area contributed by atoms with Crippen molar-refractivity contribution in [3.63, 3.8) is 0 Å². The molecule has 0 aliphatic carbocycles. The van der Waals surface area contributed by atoms with E-state index in [0.29, 0.717) is 0 Å². The third-order valence-electron chi connectivity index (χ3n) is 1.33. The highest BCUT2D eigenvalue weighted by Gasteiger charge is 2.12. The Balaban J connectivity index is 2.60. The molecule has 1 saturated heterocycles. The third kappa shape index (κ3) is 1.74. The summed E-state index contributed by atoms with van der Waals surface area (Å²) in [7, 11) is 0. The third-order valence-corrected chi connectivity index (χ3v) is 3.66. The summed E-state index contributed by atoms with van der Waals surface area (Å²) in [5.74, 6) is 0.219. The van der Waals surface area contributed by atoms with Gasteiger partial charge < -0.3 is 5.32 Å². The van der Waals surface area contributed by atoms with Crippen LogP contribution in [0.2, 0.25) is 0 Å². The molecule has 9 heavy (non-hydrogen) atoms. The van der Waals surface area contributed by atoms with Gasteiger partial charge in [0.15, 0.2) is 0 Å². The van der Waals surface area contributed by atoms with Crippen molar-refractivity contribution in [2.75, 3.05) is 11.5 Å². The average molecular weight is 239 g/mol. The summed E-state index contributed by atoms with van der Waals surface area (Å²) in [6.07, 6.45) is 2.20. The maximum Gasteiger partial charge on any atom is 0.252 e. The van der Waals surface area contributed by atoms with E-state index >= 15 is 0 Å². The second-order valence-corrected chi connectivity index (χ2v) is 4.33. The van der Waals surface area contributed by atoms with Crippen LogP contribution in [0.25, 0.3) is 0 Å². The molecule has 0 aromatic heterocycles. The maximum absolute atomic E-state index is 10.9. The molecule has 0 unspecified atom stereocenters. The molecule has 2 nitrogen and oxygen atoms in total. The molecule has 1 rings (SSSR count). The highest BCUT2D eigenvalue weighted by molar-refractivity contribution is 14.2. The van der Waals surface area contributed by atoms with Gasteiger partial charge in [-0.05, 0) is 17.8 Å². The molecule has 0 aromatic rings. The van der Waals surface area contributed by atoms with Crippen molar-refractivity contribution in [2.45, 2.75) is 12.8 Å². The number of halogens is 1. The van der Waals surface area contributed by atoms with Crippen molar-refractivity contribution in [1.82, 2.24) is 5.32 Å². The van der Waals surface area contributed by atoms with Gasteiger partial charge in [0.25, 0.3) is 5.91 Å². The monoisotopic (exact) mass is 239 g/mol. The van der Waals surface area contributed by atoms with Crippen LogP contribution >= 0.6 is 20.7 Å². The normalized spacial score (nSPS) is 25.0. The smallest absolute Gasteiger partial charge is 0.252 e. The fourth-order valence-electron chi connectivity index (χ4n) is 0.835. The first-order valence-corrected chi connectivity index (χ1v) is 6.21. The zero-order valence-corrected chi connectivity index (χ0v) is 7.57. The van der Waals surface area contributed by atoms with Crippen molar-refractivity contribution in [3.05, 3.63) is 0 Å². The summed E-state index contributed by atoms with van der Waals surface area (Å²) in [5.41, 5.74) is 0. The van der Waals surface area contributed by atoms with Crippen molar-refractivity contribution in [1.29, 1.82) is 0 Å². The zero-order chi connectivity index (χ0) is 6.69. The van der Waals surface area contributed by atoms with E-state index in [1.807, 2.05) is 0 Å². The SMILES string of the molecule is CI=C1CCCNC1=O. The summed E-state index contributed by atoms with van der Waals surface area (Å²) >= 11 is 0.0507. The van der Waals surface area contributed by atoms with Gasteiger partial charge in [0, 0.05) is 10.1 Å². The van der Waals surface area contributed by atoms with E-state index in [1.54, 1.807) is 0 Å². The summed E-state index contributed by atoms with van der Waals surface area (Å²) in [5, 5.41) is 2.83. The Morgan fingerprint density at radius 2 is 2.44 bits per heavy atom. The molecule has 1 aliphatic rings. The van der Waals surface area contributed by atoms with E-state index in [0.717, 1.165) is 19.4 Å². The second kappa shape index (κ2) is 3.29. The number of hydrogen-bond donors (Lipinski definition) is 1. The number of amides is 1. The van der Waals surface area contributed by atoms with Crippen LogP contribution in [0.3, 0.4) is 0 Å². The number of alkyl halides is 1. The lowest BCUT2D eigenvalue weighted by molar-refractivity contribution is -0.115. The van der Waals surface area contributed by atoms with Crippen LogP contribution in [0.15, 0.2) is 0 Å². The van der Waals surface area contributed by atoms with Crippen molar-refractivity contribution < 1.29 is 4.79 Å². The summed E-state index contributed by atoms with van der Waals surface area (Å²) in [6, 6.07) is 0. The molecule has 3 heteroatoms. The van der Waals surface area contributed by atoms with Crippen LogP contribution in [0, 0.1) is 0 Å². The van der Waals surface area contributed by atoms with Gasteiger partial charge in [0.1, 0.15) is 0 Å². The lowest BCUT2D eigenvalue weighted by Gasteiger charge is -2.12. The summed E-state index contributed by atoms with van der Waals surface area (Å²) in [6.45, 7) is 0.881. The molecule has 1 N–H and O–H groups in total. The van der Waals surface area contributed by atoms with Crippen molar-refractivity contribution in [3.8, 4) is 0 Å². The molecular weight excluding hydrogens is 229 g/mol. The van der Waals surface area contributed by atoms with Gasteiger partial charge in [-0.3, -0.25) is 4.79 Å². The fourth-order valence-corrected chi connectivity index (χ4v) is 2.44. The first-order valence-electron chi connectivity index (χ1n) is 2.98. The van der Waals surface area contributed by atoms with E-state index in [9.17, 15) is 4.79 Å². The lowest BCUT2D eigenvalue weighted by Crippen LogP contribution is -2.35. The molecule has 0 bridgehead atoms. The Kier molecular flexibility index (Phi) is 2.63. The Bertz CT molecular complexity index is 153. The number of rotatable bonds is 0. The molecule has 0 spiro atoms. The first kappa shape index (κ1) is 7.18. The predicted molar refractivity (Wildman–Crippen MR) is 47.2 cm³/mol. The minimum Gasteiger partial charge on any atom is -0.352 e. The van der Waals surface area contributed by atoms with Gasteiger partial charge in [-0.25, -0.2) is 0 Å². The van der Waals surface area contributed by atoms with Gasteiger partial charge in [-0.1, -0.05) is 0 Å². The molecule has 0 radical (unpaired) electrons. The van der Waals surface area contributed by atoms with Crippen LogP contribution in [0.5, 0.6) is 0 Å². The van der Waals surface area contributed by atoms with Gasteiger partial charge in [-0.15, -0.1) is 20.7 Å². The molecule has 1 amide bonds. The largest absolute Gasteiger partial charge is 0.352 e. The van der Waals surface area contributed by atoms with Crippen molar-refractivity contribution >= 4 is 30.1 Å². The van der Waals surface area contributed by atoms with E-state index in [1.165, 1.54) is 3.51 Å². The van der Waals surface area contributed by atoms with E-state index in [2.05, 4.69) is 10.2 Å². The van der Waals surface area contributed by atoms with E-state index in [4.69, 9.17) is 0 Å². The second-order valence-electron chi connectivity index (χ2n) is 1.95. The zero-order valence-electron chi connectivity index (χ0n) is 5.41. The summed E-state index contributed by atoms with van der Waals surface area (Å²) in [4.78, 5) is 13.0. The Morgan fingerprint density at radius 1 is 1.67 bits per heavy atom. The molecule has 1 heterocycles. The molecule has 1 fully saturated rings. The predicted octanol–water partition coefficient (Wildman–Crippen LogP) is 0.669. The number of piperidine rings is 1. The summed E-state index contributed by atoms with van der Waals surface area (Å²) < 4.78 is 1.17. The highest BCUT2D eigenvalue weighted by atomic mass is 127. The number of carbonyl (C=O) groups is 1. The molecular formula is C6H10INO.